The van der Waals surface area contributed by atoms with E-state index in [-0.39, 0.29) is 30.7 Å². The third kappa shape index (κ3) is 5.56. The highest BCUT2D eigenvalue weighted by molar-refractivity contribution is 6.30. The van der Waals surface area contributed by atoms with Crippen LogP contribution in [0.25, 0.3) is 0 Å². The second-order valence-corrected chi connectivity index (χ2v) is 8.25. The van der Waals surface area contributed by atoms with Crippen molar-refractivity contribution in [2.45, 2.75) is 32.4 Å². The van der Waals surface area contributed by atoms with E-state index in [2.05, 4.69) is 16.0 Å². The number of benzene rings is 2. The summed E-state index contributed by atoms with van der Waals surface area (Å²) in [5, 5.41) is 9.20. The molecule has 2 aromatic carbocycles. The van der Waals surface area contributed by atoms with E-state index in [0.717, 1.165) is 11.1 Å². The van der Waals surface area contributed by atoms with E-state index >= 15 is 0 Å². The molecule has 2 aromatic rings. The first-order valence-electron chi connectivity index (χ1n) is 10.4. The van der Waals surface area contributed by atoms with Gasteiger partial charge in [0, 0.05) is 29.8 Å². The summed E-state index contributed by atoms with van der Waals surface area (Å²) in [6.07, 6.45) is 0.651. The van der Waals surface area contributed by atoms with Crippen LogP contribution in [0.15, 0.2) is 36.4 Å². The van der Waals surface area contributed by atoms with Crippen molar-refractivity contribution in [3.63, 3.8) is 0 Å². The van der Waals surface area contributed by atoms with Crippen LogP contribution in [0.1, 0.15) is 31.0 Å². The summed E-state index contributed by atoms with van der Waals surface area (Å²) in [5.41, 5.74) is 2.60. The molecular formula is C23H29ClN4O4. The van der Waals surface area contributed by atoms with E-state index in [0.29, 0.717) is 35.2 Å². The number of carbonyl (C=O) groups is 2. The summed E-state index contributed by atoms with van der Waals surface area (Å²) in [7, 11) is 3.16. The maximum Gasteiger partial charge on any atom is 0.322 e. The van der Waals surface area contributed by atoms with E-state index in [9.17, 15) is 9.59 Å². The van der Waals surface area contributed by atoms with Gasteiger partial charge in [-0.2, -0.15) is 0 Å². The first-order chi connectivity index (χ1) is 15.3. The Bertz CT molecular complexity index is 965. The smallest absolute Gasteiger partial charge is 0.322 e. The van der Waals surface area contributed by atoms with E-state index in [1.165, 1.54) is 0 Å². The Morgan fingerprint density at radius 2 is 1.78 bits per heavy atom. The minimum atomic E-state index is -0.385. The first-order valence-corrected chi connectivity index (χ1v) is 10.8. The van der Waals surface area contributed by atoms with Crippen molar-refractivity contribution in [3.8, 4) is 11.5 Å². The van der Waals surface area contributed by atoms with Crippen LogP contribution in [0.2, 0.25) is 5.02 Å². The largest absolute Gasteiger partial charge is 0.493 e. The fourth-order valence-electron chi connectivity index (χ4n) is 3.72. The molecule has 3 rings (SSSR count). The molecule has 0 spiro atoms. The number of nitrogens with zero attached hydrogens (tertiary/aromatic N) is 1. The van der Waals surface area contributed by atoms with Crippen molar-refractivity contribution < 1.29 is 19.1 Å². The Morgan fingerprint density at radius 1 is 1.12 bits per heavy atom. The first kappa shape index (κ1) is 23.5. The fourth-order valence-corrected chi connectivity index (χ4v) is 3.85. The minimum absolute atomic E-state index is 0.00213. The molecule has 0 saturated carbocycles. The third-order valence-electron chi connectivity index (χ3n) is 5.23. The van der Waals surface area contributed by atoms with Crippen LogP contribution in [-0.2, 0) is 6.42 Å². The van der Waals surface area contributed by atoms with Crippen LogP contribution in [0.3, 0.4) is 0 Å². The van der Waals surface area contributed by atoms with Gasteiger partial charge in [-0.1, -0.05) is 11.6 Å². The molecule has 0 saturated heterocycles. The average molecular weight is 461 g/mol. The molecular weight excluding hydrogens is 432 g/mol. The number of ether oxygens (including phenoxy) is 2. The maximum absolute atomic E-state index is 13.2. The lowest BCUT2D eigenvalue weighted by Gasteiger charge is -2.38. The minimum Gasteiger partial charge on any atom is -0.493 e. The van der Waals surface area contributed by atoms with Gasteiger partial charge in [-0.3, -0.25) is 0 Å². The molecule has 3 N–H and O–H groups in total. The van der Waals surface area contributed by atoms with Gasteiger partial charge in [-0.05, 0) is 67.8 Å². The van der Waals surface area contributed by atoms with Gasteiger partial charge >= 0.3 is 12.1 Å². The zero-order valence-corrected chi connectivity index (χ0v) is 19.5. The Hall–Kier alpha value is -3.13. The van der Waals surface area contributed by atoms with Crippen molar-refractivity contribution in [3.05, 3.63) is 52.5 Å². The predicted molar refractivity (Wildman–Crippen MR) is 125 cm³/mol. The zero-order valence-electron chi connectivity index (χ0n) is 18.7. The topological polar surface area (TPSA) is 91.9 Å². The summed E-state index contributed by atoms with van der Waals surface area (Å²) in [6, 6.07) is 9.81. The Labute approximate surface area is 193 Å². The SMILES string of the molecule is COc1cc2c(cc1OC)[C@@H](CNC(=O)NC(C)C)N(C(=O)Nc1ccc(Cl)cc1)CC2. The lowest BCUT2D eigenvalue weighted by atomic mass is 9.92. The summed E-state index contributed by atoms with van der Waals surface area (Å²) >= 11 is 5.95. The molecule has 0 unspecified atom stereocenters. The lowest BCUT2D eigenvalue weighted by molar-refractivity contribution is 0.179. The molecule has 0 aromatic heterocycles. The van der Waals surface area contributed by atoms with Crippen LogP contribution in [-0.4, -0.2) is 50.3 Å². The standard InChI is InChI=1S/C23H29ClN4O4/c1-14(2)26-22(29)25-13-19-18-12-21(32-4)20(31-3)11-15(18)9-10-28(19)23(30)27-17-7-5-16(24)6-8-17/h5-8,11-12,14,19H,9-10,13H2,1-4H3,(H,27,30)(H2,25,26,29)/t19-/m1/s1. The van der Waals surface area contributed by atoms with Gasteiger partial charge in [0.05, 0.1) is 20.3 Å². The molecule has 0 aliphatic carbocycles. The summed E-state index contributed by atoms with van der Waals surface area (Å²) in [6.45, 7) is 4.51. The average Bonchev–Trinajstić information content (AvgIpc) is 2.77. The number of urea groups is 2. The maximum atomic E-state index is 13.2. The highest BCUT2D eigenvalue weighted by atomic mass is 35.5. The normalized spacial score (nSPS) is 15.1. The van der Waals surface area contributed by atoms with Gasteiger partial charge in [0.25, 0.3) is 0 Å². The van der Waals surface area contributed by atoms with E-state index in [4.69, 9.17) is 21.1 Å². The molecule has 1 aliphatic heterocycles. The molecule has 32 heavy (non-hydrogen) atoms. The fraction of sp³-hybridized carbons (Fsp3) is 0.391. The molecule has 0 fully saturated rings. The van der Waals surface area contributed by atoms with E-state index < -0.39 is 0 Å². The molecule has 1 heterocycles. The van der Waals surface area contributed by atoms with Gasteiger partial charge in [0.1, 0.15) is 0 Å². The van der Waals surface area contributed by atoms with Crippen LogP contribution in [0.4, 0.5) is 15.3 Å². The van der Waals surface area contributed by atoms with Crippen molar-refractivity contribution in [1.29, 1.82) is 0 Å². The highest BCUT2D eigenvalue weighted by Crippen LogP contribution is 2.38. The van der Waals surface area contributed by atoms with Gasteiger partial charge in [0.2, 0.25) is 0 Å². The number of carbonyl (C=O) groups excluding carboxylic acids is 2. The van der Waals surface area contributed by atoms with Crippen LogP contribution in [0, 0.1) is 0 Å². The number of fused-ring (bicyclic) bond motifs is 1. The number of anilines is 1. The number of nitrogens with one attached hydrogen (secondary N) is 3. The monoisotopic (exact) mass is 460 g/mol. The summed E-state index contributed by atoms with van der Waals surface area (Å²) in [5.74, 6) is 1.21. The molecule has 4 amide bonds. The van der Waals surface area contributed by atoms with Gasteiger partial charge in [-0.15, -0.1) is 0 Å². The van der Waals surface area contributed by atoms with Crippen molar-refractivity contribution >= 4 is 29.4 Å². The Morgan fingerprint density at radius 3 is 2.41 bits per heavy atom. The van der Waals surface area contributed by atoms with Crippen LogP contribution < -0.4 is 25.4 Å². The van der Waals surface area contributed by atoms with Crippen molar-refractivity contribution in [2.24, 2.45) is 0 Å². The highest BCUT2D eigenvalue weighted by Gasteiger charge is 2.32. The second-order valence-electron chi connectivity index (χ2n) is 7.81. The third-order valence-corrected chi connectivity index (χ3v) is 5.49. The number of halogens is 1. The summed E-state index contributed by atoms with van der Waals surface area (Å²) < 4.78 is 10.9. The molecule has 8 nitrogen and oxygen atoms in total. The molecule has 0 bridgehead atoms. The zero-order chi connectivity index (χ0) is 23.3. The molecule has 0 radical (unpaired) electrons. The number of methoxy groups -OCH3 is 2. The van der Waals surface area contributed by atoms with Crippen molar-refractivity contribution in [2.75, 3.05) is 32.6 Å². The second kappa shape index (κ2) is 10.5. The summed E-state index contributed by atoms with van der Waals surface area (Å²) in [4.78, 5) is 27.1. The molecule has 172 valence electrons. The number of hydrogen-bond acceptors (Lipinski definition) is 4. The van der Waals surface area contributed by atoms with E-state index in [1.54, 1.807) is 43.4 Å². The molecule has 9 heteroatoms. The Kier molecular flexibility index (Phi) is 7.69. The quantitative estimate of drug-likeness (QED) is 0.602. The molecule has 1 aliphatic rings. The van der Waals surface area contributed by atoms with E-state index in [1.807, 2.05) is 26.0 Å². The predicted octanol–water partition coefficient (Wildman–Crippen LogP) is 4.20. The van der Waals surface area contributed by atoms with Gasteiger partial charge < -0.3 is 30.3 Å². The van der Waals surface area contributed by atoms with Crippen LogP contribution in [0.5, 0.6) is 11.5 Å². The van der Waals surface area contributed by atoms with Crippen LogP contribution >= 0.6 is 11.6 Å². The van der Waals surface area contributed by atoms with Gasteiger partial charge in [0.15, 0.2) is 11.5 Å². The Balaban J connectivity index is 1.88. The van der Waals surface area contributed by atoms with Gasteiger partial charge in [-0.25, -0.2) is 9.59 Å². The number of rotatable bonds is 6. The number of hydrogen-bond donors (Lipinski definition) is 3. The number of amides is 4. The molecule has 1 atom stereocenters. The lowest BCUT2D eigenvalue weighted by Crippen LogP contribution is -2.49. The van der Waals surface area contributed by atoms with Crippen molar-refractivity contribution in [1.82, 2.24) is 15.5 Å².